The maximum absolute atomic E-state index is 13.5. The highest BCUT2D eigenvalue weighted by Crippen LogP contribution is 2.64. The Morgan fingerprint density at radius 1 is 1.14 bits per heavy atom. The highest BCUT2D eigenvalue weighted by atomic mass is 16.6. The molecule has 0 amide bonds. The largest absolute Gasteiger partial charge is 0.481 e. The lowest BCUT2D eigenvalue weighted by Crippen LogP contribution is -2.74. The van der Waals surface area contributed by atoms with Gasteiger partial charge in [-0.15, -0.1) is 0 Å². The number of carbonyl (C=O) groups excluding carboxylic acids is 4. The minimum atomic E-state index is -1.84. The van der Waals surface area contributed by atoms with Crippen LogP contribution in [0.3, 0.4) is 0 Å². The molecule has 2 heterocycles. The molecule has 0 saturated carbocycles. The van der Waals surface area contributed by atoms with Crippen LogP contribution in [0.25, 0.3) is 0 Å². The van der Waals surface area contributed by atoms with Gasteiger partial charge in [0, 0.05) is 30.5 Å². The number of rotatable bonds is 10. The Morgan fingerprint density at radius 2 is 1.86 bits per heavy atom. The zero-order valence-corrected chi connectivity index (χ0v) is 24.3. The number of Topliss-reactive ketones (excluding diaryl/α,β-unsaturated/α-hetero) is 1. The van der Waals surface area contributed by atoms with Gasteiger partial charge < -0.3 is 39.2 Å². The van der Waals surface area contributed by atoms with Crippen molar-refractivity contribution in [1.29, 1.82) is 0 Å². The minimum absolute atomic E-state index is 0.111. The van der Waals surface area contributed by atoms with Gasteiger partial charge >= 0.3 is 23.9 Å². The van der Waals surface area contributed by atoms with Crippen LogP contribution in [-0.2, 0) is 56.6 Å². The first-order valence-corrected chi connectivity index (χ1v) is 14.1. The second-order valence-electron chi connectivity index (χ2n) is 11.8. The Kier molecular flexibility index (Phi) is 7.86. The molecule has 43 heavy (non-hydrogen) atoms. The predicted molar refractivity (Wildman–Crippen MR) is 144 cm³/mol. The molecular weight excluding hydrogens is 566 g/mol. The van der Waals surface area contributed by atoms with E-state index in [0.29, 0.717) is 30.7 Å². The van der Waals surface area contributed by atoms with Gasteiger partial charge in [0.2, 0.25) is 6.10 Å². The van der Waals surface area contributed by atoms with Gasteiger partial charge in [-0.25, -0.2) is 4.79 Å². The fourth-order valence-corrected chi connectivity index (χ4v) is 7.13. The number of ketones is 1. The summed E-state index contributed by atoms with van der Waals surface area (Å²) in [5.74, 6) is -6.17. The van der Waals surface area contributed by atoms with Gasteiger partial charge in [0.25, 0.3) is 0 Å². The van der Waals surface area contributed by atoms with Crippen molar-refractivity contribution in [3.05, 3.63) is 40.7 Å². The van der Waals surface area contributed by atoms with Gasteiger partial charge in [-0.3, -0.25) is 19.2 Å². The van der Waals surface area contributed by atoms with E-state index in [1.165, 1.54) is 6.92 Å². The quantitative estimate of drug-likeness (QED) is 0.249. The normalized spacial score (nSPS) is 28.7. The van der Waals surface area contributed by atoms with E-state index in [9.17, 15) is 34.2 Å². The number of carboxylic acid groups (broad SMARTS) is 1. The van der Waals surface area contributed by atoms with Crippen LogP contribution in [0.1, 0.15) is 56.7 Å². The van der Waals surface area contributed by atoms with E-state index in [2.05, 4.69) is 4.90 Å². The van der Waals surface area contributed by atoms with E-state index >= 15 is 0 Å². The molecule has 7 atom stereocenters. The van der Waals surface area contributed by atoms with E-state index in [1.807, 2.05) is 13.1 Å². The Labute approximate surface area is 247 Å². The van der Waals surface area contributed by atoms with Gasteiger partial charge in [0.05, 0.1) is 24.0 Å². The number of likely N-dealkylation sites (tertiary alicyclic amines) is 1. The van der Waals surface area contributed by atoms with Crippen molar-refractivity contribution in [3.63, 3.8) is 0 Å². The molecule has 5 rings (SSSR count). The summed E-state index contributed by atoms with van der Waals surface area (Å²) in [6.07, 6.45) is -2.41. The van der Waals surface area contributed by atoms with E-state index in [4.69, 9.17) is 24.1 Å². The molecule has 4 aliphatic rings. The SMILES string of the molecule is CC(=O)O[C@@H](C(=O)O[C@H](CC(=O)O)C(C)=O)[C@@H](C)C(=O)OC1=CC[C@@]2(O)[C@H]3Cc4ccc(CO)c5c4[C@@]2(CCN3C)[C@H]1O5. The fourth-order valence-electron chi connectivity index (χ4n) is 7.13. The molecule has 1 aromatic carbocycles. The Hall–Kier alpha value is -3.81. The summed E-state index contributed by atoms with van der Waals surface area (Å²) in [5.41, 5.74) is 0.108. The molecule has 232 valence electrons. The number of benzene rings is 1. The predicted octanol–water partition coefficient (Wildman–Crippen LogP) is 0.543. The molecule has 2 aliphatic heterocycles. The van der Waals surface area contributed by atoms with E-state index in [1.54, 1.807) is 12.1 Å². The van der Waals surface area contributed by atoms with Crippen LogP contribution in [0.2, 0.25) is 0 Å². The van der Waals surface area contributed by atoms with Crippen LogP contribution in [0.4, 0.5) is 0 Å². The van der Waals surface area contributed by atoms with Crippen LogP contribution in [0.15, 0.2) is 24.0 Å². The maximum Gasteiger partial charge on any atom is 0.349 e. The molecule has 3 N–H and O–H groups in total. The summed E-state index contributed by atoms with van der Waals surface area (Å²) in [7, 11) is 1.95. The lowest BCUT2D eigenvalue weighted by molar-refractivity contribution is -0.182. The summed E-state index contributed by atoms with van der Waals surface area (Å²) in [4.78, 5) is 63.4. The molecule has 1 fully saturated rings. The minimum Gasteiger partial charge on any atom is -0.481 e. The molecule has 0 unspecified atom stereocenters. The first-order chi connectivity index (χ1) is 20.2. The van der Waals surface area contributed by atoms with Crippen molar-refractivity contribution < 1.29 is 58.2 Å². The molecule has 0 radical (unpaired) electrons. The highest BCUT2D eigenvalue weighted by Gasteiger charge is 2.72. The highest BCUT2D eigenvalue weighted by molar-refractivity contribution is 5.90. The molecule has 2 bridgehead atoms. The summed E-state index contributed by atoms with van der Waals surface area (Å²) in [6.45, 7) is 3.68. The number of aliphatic hydroxyl groups excluding tert-OH is 1. The number of ether oxygens (including phenoxy) is 4. The molecule has 1 aromatic rings. The van der Waals surface area contributed by atoms with Crippen molar-refractivity contribution in [1.82, 2.24) is 4.90 Å². The molecule has 2 aliphatic carbocycles. The van der Waals surface area contributed by atoms with E-state index < -0.39 is 71.3 Å². The third kappa shape index (κ3) is 4.79. The number of hydrogen-bond donors (Lipinski definition) is 3. The number of aliphatic carboxylic acids is 1. The average Bonchev–Trinajstić information content (AvgIpc) is 3.29. The summed E-state index contributed by atoms with van der Waals surface area (Å²) >= 11 is 0. The molecular formula is C30H35NO12. The number of carboxylic acids is 1. The number of piperidine rings is 1. The summed E-state index contributed by atoms with van der Waals surface area (Å²) in [6, 6.07) is 3.48. The first kappa shape index (κ1) is 30.6. The van der Waals surface area contributed by atoms with Gasteiger partial charge in [-0.2, -0.15) is 0 Å². The van der Waals surface area contributed by atoms with Crippen molar-refractivity contribution in [3.8, 4) is 5.75 Å². The van der Waals surface area contributed by atoms with Gasteiger partial charge in [0.1, 0.15) is 17.4 Å². The monoisotopic (exact) mass is 601 g/mol. The molecule has 13 nitrogen and oxygen atoms in total. The van der Waals surface area contributed by atoms with Crippen LogP contribution in [-0.4, -0.2) is 93.4 Å². The van der Waals surface area contributed by atoms with Crippen molar-refractivity contribution in [2.45, 2.75) is 88.4 Å². The number of likely N-dealkylation sites (N-methyl/N-ethyl adjacent to an activating group) is 1. The number of carbonyl (C=O) groups is 5. The second kappa shape index (κ2) is 11.0. The molecule has 1 saturated heterocycles. The summed E-state index contributed by atoms with van der Waals surface area (Å²) in [5, 5.41) is 31.4. The fraction of sp³-hybridized carbons (Fsp3) is 0.567. The third-order valence-corrected chi connectivity index (χ3v) is 9.27. The van der Waals surface area contributed by atoms with Crippen LogP contribution >= 0.6 is 0 Å². The first-order valence-electron chi connectivity index (χ1n) is 14.1. The molecule has 0 aromatic heterocycles. The average molecular weight is 602 g/mol. The van der Waals surface area contributed by atoms with E-state index in [0.717, 1.165) is 25.0 Å². The summed E-state index contributed by atoms with van der Waals surface area (Å²) < 4.78 is 22.4. The van der Waals surface area contributed by atoms with Crippen molar-refractivity contribution in [2.75, 3.05) is 13.6 Å². The number of nitrogens with zero attached hydrogens (tertiary/aromatic N) is 1. The molecule has 1 spiro atoms. The van der Waals surface area contributed by atoms with Gasteiger partial charge in [0.15, 0.2) is 18.0 Å². The van der Waals surface area contributed by atoms with Crippen molar-refractivity contribution in [2.24, 2.45) is 5.92 Å². The Bertz CT molecular complexity index is 1420. The van der Waals surface area contributed by atoms with Crippen LogP contribution in [0, 0.1) is 5.92 Å². The van der Waals surface area contributed by atoms with Gasteiger partial charge in [-0.05, 0) is 51.9 Å². The zero-order chi connectivity index (χ0) is 31.4. The standard InChI is InChI=1S/C30H35NO12/c1-14(24(40-16(3)34)28(38)42-20(15(2)33)12-22(35)36)27(37)41-19-7-8-30(39)21-11-17-5-6-18(13-32)25-23(17)29(30,26(19)43-25)9-10-31(21)4/h5-7,14,20-21,24,26,32,39H,8-13H2,1-4H3,(H,35,36)/t14-,20-,21-,24-,26+,29+,30-/m1/s1. The Balaban J connectivity index is 1.45. The maximum atomic E-state index is 13.5. The van der Waals surface area contributed by atoms with E-state index in [-0.39, 0.29) is 24.8 Å². The lowest BCUT2D eigenvalue weighted by Gasteiger charge is -2.61. The smallest absolute Gasteiger partial charge is 0.349 e. The zero-order valence-electron chi connectivity index (χ0n) is 24.3. The topological polar surface area (TPSA) is 186 Å². The third-order valence-electron chi connectivity index (χ3n) is 9.27. The van der Waals surface area contributed by atoms with Gasteiger partial charge in [-0.1, -0.05) is 12.1 Å². The number of hydrogen-bond acceptors (Lipinski definition) is 12. The molecule has 13 heteroatoms. The Morgan fingerprint density at radius 3 is 2.49 bits per heavy atom. The van der Waals surface area contributed by atoms with Crippen LogP contribution < -0.4 is 4.74 Å². The lowest BCUT2D eigenvalue weighted by atomic mass is 9.50. The second-order valence-corrected chi connectivity index (χ2v) is 11.8. The van der Waals surface area contributed by atoms with Crippen LogP contribution in [0.5, 0.6) is 5.75 Å². The van der Waals surface area contributed by atoms with Crippen molar-refractivity contribution >= 4 is 29.7 Å². The number of aliphatic hydroxyl groups is 2. The number of esters is 3.